The highest BCUT2D eigenvalue weighted by atomic mass is 79.9. The number of benzene rings is 1. The molecule has 1 aliphatic heterocycles. The lowest BCUT2D eigenvalue weighted by molar-refractivity contribution is 0.171. The largest absolute Gasteiger partial charge is 0.486 e. The van der Waals surface area contributed by atoms with Crippen LogP contribution >= 0.6 is 31.9 Å². The van der Waals surface area contributed by atoms with Crippen molar-refractivity contribution in [1.29, 1.82) is 0 Å². The highest BCUT2D eigenvalue weighted by molar-refractivity contribution is 9.13. The van der Waals surface area contributed by atoms with E-state index in [4.69, 9.17) is 13.9 Å². The van der Waals surface area contributed by atoms with Crippen molar-refractivity contribution in [2.75, 3.05) is 18.5 Å². The molecular weight excluding hydrogens is 378 g/mol. The smallest absolute Gasteiger partial charge is 0.183 e. The van der Waals surface area contributed by atoms with Crippen molar-refractivity contribution in [3.63, 3.8) is 0 Å². The van der Waals surface area contributed by atoms with Crippen LogP contribution in [0.3, 0.4) is 0 Å². The summed E-state index contributed by atoms with van der Waals surface area (Å²) in [6.07, 6.45) is 0. The predicted molar refractivity (Wildman–Crippen MR) is 78.9 cm³/mol. The van der Waals surface area contributed by atoms with Crippen LogP contribution in [0.5, 0.6) is 11.5 Å². The Morgan fingerprint density at radius 1 is 1.05 bits per heavy atom. The van der Waals surface area contributed by atoms with Gasteiger partial charge in [0.2, 0.25) is 0 Å². The minimum Gasteiger partial charge on any atom is -0.486 e. The second kappa shape index (κ2) is 5.46. The Morgan fingerprint density at radius 2 is 1.84 bits per heavy atom. The summed E-state index contributed by atoms with van der Waals surface area (Å²) in [5.41, 5.74) is 0.966. The molecule has 6 heteroatoms. The van der Waals surface area contributed by atoms with Crippen LogP contribution < -0.4 is 14.8 Å². The fraction of sp³-hybridized carbons (Fsp3) is 0.231. The topological polar surface area (TPSA) is 43.6 Å². The molecule has 4 nitrogen and oxygen atoms in total. The third kappa shape index (κ3) is 2.90. The quantitative estimate of drug-likeness (QED) is 0.856. The van der Waals surface area contributed by atoms with Crippen molar-refractivity contribution in [3.8, 4) is 11.5 Å². The zero-order valence-corrected chi connectivity index (χ0v) is 13.1. The number of hydrogen-bond acceptors (Lipinski definition) is 4. The van der Waals surface area contributed by atoms with Gasteiger partial charge in [0, 0.05) is 11.8 Å². The molecule has 0 bridgehead atoms. The lowest BCUT2D eigenvalue weighted by atomic mass is 10.2. The van der Waals surface area contributed by atoms with E-state index in [1.54, 1.807) is 0 Å². The number of furan rings is 1. The van der Waals surface area contributed by atoms with E-state index in [0.29, 0.717) is 24.4 Å². The molecule has 2 heterocycles. The molecular formula is C13H11Br2NO3. The number of ether oxygens (including phenoxy) is 2. The van der Waals surface area contributed by atoms with Gasteiger partial charge in [-0.25, -0.2) is 0 Å². The van der Waals surface area contributed by atoms with Gasteiger partial charge in [0.1, 0.15) is 19.0 Å². The van der Waals surface area contributed by atoms with Crippen LogP contribution in [0.25, 0.3) is 0 Å². The number of anilines is 1. The van der Waals surface area contributed by atoms with E-state index in [1.165, 1.54) is 0 Å². The van der Waals surface area contributed by atoms with E-state index in [0.717, 1.165) is 27.4 Å². The number of rotatable bonds is 3. The normalized spacial score (nSPS) is 13.4. The molecule has 0 spiro atoms. The summed E-state index contributed by atoms with van der Waals surface area (Å²) in [7, 11) is 0. The summed E-state index contributed by atoms with van der Waals surface area (Å²) < 4.78 is 18.1. The van der Waals surface area contributed by atoms with E-state index >= 15 is 0 Å². The van der Waals surface area contributed by atoms with Gasteiger partial charge in [-0.15, -0.1) is 0 Å². The zero-order chi connectivity index (χ0) is 13.2. The summed E-state index contributed by atoms with van der Waals surface area (Å²) in [4.78, 5) is 0. The minimum atomic E-state index is 0.592. The van der Waals surface area contributed by atoms with E-state index in [9.17, 15) is 0 Å². The van der Waals surface area contributed by atoms with Crippen LogP contribution in [-0.2, 0) is 6.54 Å². The highest BCUT2D eigenvalue weighted by Gasteiger charge is 2.12. The fourth-order valence-electron chi connectivity index (χ4n) is 1.82. The van der Waals surface area contributed by atoms with Gasteiger partial charge in [-0.1, -0.05) is 0 Å². The van der Waals surface area contributed by atoms with Gasteiger partial charge in [-0.2, -0.15) is 0 Å². The van der Waals surface area contributed by atoms with Crippen molar-refractivity contribution in [3.05, 3.63) is 39.2 Å². The third-order valence-electron chi connectivity index (χ3n) is 2.71. The van der Waals surface area contributed by atoms with Gasteiger partial charge in [0.25, 0.3) is 0 Å². The molecule has 0 saturated carbocycles. The van der Waals surface area contributed by atoms with Crippen LogP contribution in [0.2, 0.25) is 0 Å². The average Bonchev–Trinajstić information content (AvgIpc) is 2.75. The van der Waals surface area contributed by atoms with E-state index < -0.39 is 0 Å². The fourth-order valence-corrected chi connectivity index (χ4v) is 2.48. The molecule has 0 amide bonds. The monoisotopic (exact) mass is 387 g/mol. The van der Waals surface area contributed by atoms with Crippen molar-refractivity contribution < 1.29 is 13.9 Å². The van der Waals surface area contributed by atoms with Gasteiger partial charge in [-0.05, 0) is 50.1 Å². The molecule has 0 atom stereocenters. The summed E-state index contributed by atoms with van der Waals surface area (Å²) in [6, 6.07) is 7.72. The number of nitrogens with one attached hydrogen (secondary N) is 1. The highest BCUT2D eigenvalue weighted by Crippen LogP contribution is 2.33. The predicted octanol–water partition coefficient (Wildman–Crippen LogP) is 4.19. The number of halogens is 2. The lowest BCUT2D eigenvalue weighted by Crippen LogP contribution is -2.15. The molecule has 0 unspecified atom stereocenters. The van der Waals surface area contributed by atoms with Gasteiger partial charge in [0.05, 0.1) is 11.0 Å². The maximum atomic E-state index is 5.54. The van der Waals surface area contributed by atoms with Gasteiger partial charge in [-0.3, -0.25) is 0 Å². The first-order chi connectivity index (χ1) is 9.22. The lowest BCUT2D eigenvalue weighted by Gasteiger charge is -2.19. The zero-order valence-electron chi connectivity index (χ0n) is 9.91. The van der Waals surface area contributed by atoms with Gasteiger partial charge < -0.3 is 19.2 Å². The van der Waals surface area contributed by atoms with Crippen LogP contribution in [0, 0.1) is 0 Å². The molecule has 2 aromatic rings. The molecule has 3 rings (SSSR count). The summed E-state index contributed by atoms with van der Waals surface area (Å²) in [6.45, 7) is 1.80. The molecule has 0 fully saturated rings. The summed E-state index contributed by atoms with van der Waals surface area (Å²) >= 11 is 6.70. The first kappa shape index (κ1) is 12.9. The first-order valence-corrected chi connectivity index (χ1v) is 7.38. The Kier molecular flexibility index (Phi) is 3.70. The van der Waals surface area contributed by atoms with Crippen molar-refractivity contribution in [1.82, 2.24) is 0 Å². The molecule has 100 valence electrons. The molecule has 0 saturated heterocycles. The van der Waals surface area contributed by atoms with Gasteiger partial charge in [0.15, 0.2) is 16.2 Å². The van der Waals surface area contributed by atoms with Crippen LogP contribution in [0.1, 0.15) is 5.76 Å². The maximum Gasteiger partial charge on any atom is 0.183 e. The third-order valence-corrected chi connectivity index (χ3v) is 4.42. The van der Waals surface area contributed by atoms with E-state index in [-0.39, 0.29) is 0 Å². The summed E-state index contributed by atoms with van der Waals surface area (Å²) in [5.74, 6) is 2.41. The maximum absolute atomic E-state index is 5.54. The average molecular weight is 389 g/mol. The van der Waals surface area contributed by atoms with E-state index in [2.05, 4.69) is 37.2 Å². The molecule has 19 heavy (non-hydrogen) atoms. The number of fused-ring (bicyclic) bond motifs is 1. The standard InChI is InChI=1S/C13H11Br2NO3/c14-10-6-9(19-13(10)15)7-16-8-1-2-11-12(5-8)18-4-3-17-11/h1-2,5-6,16H,3-4,7H2. The minimum absolute atomic E-state index is 0.592. The Labute approximate surface area is 127 Å². The van der Waals surface area contributed by atoms with Gasteiger partial charge >= 0.3 is 0 Å². The second-order valence-electron chi connectivity index (χ2n) is 4.05. The number of hydrogen-bond donors (Lipinski definition) is 1. The molecule has 1 aromatic carbocycles. The first-order valence-electron chi connectivity index (χ1n) is 5.79. The van der Waals surface area contributed by atoms with E-state index in [1.807, 2.05) is 24.3 Å². The van der Waals surface area contributed by atoms with Crippen LogP contribution in [0.4, 0.5) is 5.69 Å². The van der Waals surface area contributed by atoms with Crippen molar-refractivity contribution in [2.45, 2.75) is 6.54 Å². The Balaban J connectivity index is 1.70. The summed E-state index contributed by atoms with van der Waals surface area (Å²) in [5, 5.41) is 3.28. The Bertz CT molecular complexity index is 578. The SMILES string of the molecule is Brc1cc(CNc2ccc3c(c2)OCCO3)oc1Br. The van der Waals surface area contributed by atoms with Crippen molar-refractivity contribution in [2.24, 2.45) is 0 Å². The molecule has 0 aliphatic carbocycles. The second-order valence-corrected chi connectivity index (χ2v) is 5.62. The molecule has 1 aliphatic rings. The van der Waals surface area contributed by atoms with Crippen LogP contribution in [-0.4, -0.2) is 13.2 Å². The van der Waals surface area contributed by atoms with Crippen LogP contribution in [0.15, 0.2) is 37.8 Å². The Hall–Kier alpha value is -1.14. The molecule has 0 radical (unpaired) electrons. The molecule has 1 aromatic heterocycles. The van der Waals surface area contributed by atoms with Crippen molar-refractivity contribution >= 4 is 37.5 Å². The molecule has 1 N–H and O–H groups in total. The Morgan fingerprint density at radius 3 is 2.58 bits per heavy atom.